The van der Waals surface area contributed by atoms with E-state index in [9.17, 15) is 9.18 Å². The van der Waals surface area contributed by atoms with Gasteiger partial charge in [-0.2, -0.15) is 0 Å². The van der Waals surface area contributed by atoms with Gasteiger partial charge in [0.25, 0.3) is 0 Å². The number of rotatable bonds is 0. The number of benzene rings is 1. The first-order valence-electron chi connectivity index (χ1n) is 4.06. The molecule has 0 spiro atoms. The molecule has 1 N–H and O–H groups in total. The molecule has 0 atom stereocenters. The first-order valence-corrected chi connectivity index (χ1v) is 4.86. The highest BCUT2D eigenvalue weighted by Crippen LogP contribution is 2.16. The van der Waals surface area contributed by atoms with Crippen LogP contribution in [0, 0.1) is 12.7 Å². The summed E-state index contributed by atoms with van der Waals surface area (Å²) in [5.41, 5.74) is 1.05. The van der Waals surface area contributed by atoms with Gasteiger partial charge in [-0.3, -0.25) is 4.79 Å². The second-order valence-electron chi connectivity index (χ2n) is 3.11. The fourth-order valence-corrected chi connectivity index (χ4v) is 1.80. The normalized spacial score (nSPS) is 10.8. The number of aromatic amines is 1. The number of pyridine rings is 1. The number of halogens is 2. The van der Waals surface area contributed by atoms with Gasteiger partial charge in [0.2, 0.25) is 5.43 Å². The molecule has 0 radical (unpaired) electrons. The molecular weight excluding hydrogens is 249 g/mol. The number of hydrogen-bond acceptors (Lipinski definition) is 1. The predicted octanol–water partition coefficient (Wildman–Crippen LogP) is 2.74. The van der Waals surface area contributed by atoms with Gasteiger partial charge >= 0.3 is 0 Å². The quantitative estimate of drug-likeness (QED) is 0.772. The standard InChI is InChI=1S/C10H7BrFNO/c1-5-2-6(12)3-8-9(5)10(14)7(11)4-13-8/h2-4H,1H3,(H,13,14). The summed E-state index contributed by atoms with van der Waals surface area (Å²) in [4.78, 5) is 14.5. The van der Waals surface area contributed by atoms with Crippen molar-refractivity contribution in [3.8, 4) is 0 Å². The fraction of sp³-hybridized carbons (Fsp3) is 0.100. The van der Waals surface area contributed by atoms with Crippen LogP contribution in [-0.4, -0.2) is 4.98 Å². The zero-order chi connectivity index (χ0) is 10.3. The summed E-state index contributed by atoms with van der Waals surface area (Å²) in [6.45, 7) is 1.72. The topological polar surface area (TPSA) is 32.9 Å². The van der Waals surface area contributed by atoms with Crippen LogP contribution in [0.2, 0.25) is 0 Å². The van der Waals surface area contributed by atoms with Crippen molar-refractivity contribution in [2.24, 2.45) is 0 Å². The van der Waals surface area contributed by atoms with E-state index in [1.165, 1.54) is 18.3 Å². The number of aryl methyl sites for hydroxylation is 1. The number of hydrogen-bond donors (Lipinski definition) is 1. The Labute approximate surface area is 87.9 Å². The van der Waals surface area contributed by atoms with E-state index in [0.29, 0.717) is 20.9 Å². The Kier molecular flexibility index (Phi) is 2.15. The lowest BCUT2D eigenvalue weighted by Gasteiger charge is -2.02. The monoisotopic (exact) mass is 255 g/mol. The van der Waals surface area contributed by atoms with Crippen molar-refractivity contribution < 1.29 is 4.39 Å². The molecule has 0 aliphatic rings. The number of H-pyrrole nitrogens is 1. The van der Waals surface area contributed by atoms with Crippen molar-refractivity contribution in [3.05, 3.63) is 44.4 Å². The van der Waals surface area contributed by atoms with Crippen molar-refractivity contribution in [2.45, 2.75) is 6.92 Å². The highest BCUT2D eigenvalue weighted by atomic mass is 79.9. The summed E-state index contributed by atoms with van der Waals surface area (Å²) in [6.07, 6.45) is 1.52. The molecule has 0 fully saturated rings. The molecule has 1 aromatic carbocycles. The summed E-state index contributed by atoms with van der Waals surface area (Å²) >= 11 is 3.13. The third-order valence-electron chi connectivity index (χ3n) is 2.10. The highest BCUT2D eigenvalue weighted by molar-refractivity contribution is 9.10. The van der Waals surface area contributed by atoms with Crippen LogP contribution in [0.4, 0.5) is 4.39 Å². The van der Waals surface area contributed by atoms with E-state index in [4.69, 9.17) is 0 Å². The maximum Gasteiger partial charge on any atom is 0.203 e. The molecule has 72 valence electrons. The van der Waals surface area contributed by atoms with Gasteiger partial charge < -0.3 is 4.98 Å². The average molecular weight is 256 g/mol. The van der Waals surface area contributed by atoms with E-state index >= 15 is 0 Å². The van der Waals surface area contributed by atoms with Crippen molar-refractivity contribution in [3.63, 3.8) is 0 Å². The Balaban J connectivity index is 3.03. The first kappa shape index (κ1) is 9.40. The Morgan fingerprint density at radius 1 is 1.43 bits per heavy atom. The van der Waals surface area contributed by atoms with E-state index in [-0.39, 0.29) is 11.2 Å². The van der Waals surface area contributed by atoms with Crippen LogP contribution >= 0.6 is 15.9 Å². The SMILES string of the molecule is Cc1cc(F)cc2[nH]cc(Br)c(=O)c12. The van der Waals surface area contributed by atoms with Crippen LogP contribution in [0.5, 0.6) is 0 Å². The molecule has 0 aliphatic carbocycles. The van der Waals surface area contributed by atoms with Crippen LogP contribution in [-0.2, 0) is 0 Å². The largest absolute Gasteiger partial charge is 0.360 e. The van der Waals surface area contributed by atoms with E-state index < -0.39 is 0 Å². The molecule has 2 nitrogen and oxygen atoms in total. The van der Waals surface area contributed by atoms with Gasteiger partial charge in [0.05, 0.1) is 9.99 Å². The maximum atomic E-state index is 13.0. The lowest BCUT2D eigenvalue weighted by molar-refractivity contribution is 0.628. The molecule has 0 saturated carbocycles. The zero-order valence-corrected chi connectivity index (χ0v) is 8.98. The molecule has 0 unspecified atom stereocenters. The van der Waals surface area contributed by atoms with E-state index in [2.05, 4.69) is 20.9 Å². The van der Waals surface area contributed by atoms with Crippen LogP contribution in [0.1, 0.15) is 5.56 Å². The van der Waals surface area contributed by atoms with Crippen LogP contribution < -0.4 is 5.43 Å². The number of aromatic nitrogens is 1. The van der Waals surface area contributed by atoms with E-state index in [1.807, 2.05) is 0 Å². The minimum absolute atomic E-state index is 0.115. The van der Waals surface area contributed by atoms with Gasteiger partial charge in [0, 0.05) is 11.6 Å². The molecule has 0 amide bonds. The Hall–Kier alpha value is -1.16. The molecule has 0 aliphatic heterocycles. The molecular formula is C10H7BrFNO. The molecule has 14 heavy (non-hydrogen) atoms. The number of fused-ring (bicyclic) bond motifs is 1. The molecule has 4 heteroatoms. The zero-order valence-electron chi connectivity index (χ0n) is 7.40. The van der Waals surface area contributed by atoms with E-state index in [1.54, 1.807) is 6.92 Å². The smallest absolute Gasteiger partial charge is 0.203 e. The lowest BCUT2D eigenvalue weighted by atomic mass is 10.1. The molecule has 1 heterocycles. The van der Waals surface area contributed by atoms with Gasteiger partial charge in [-0.1, -0.05) is 0 Å². The highest BCUT2D eigenvalue weighted by Gasteiger charge is 2.06. The summed E-state index contributed by atoms with van der Waals surface area (Å²) in [7, 11) is 0. The van der Waals surface area contributed by atoms with Gasteiger partial charge in [0.1, 0.15) is 5.82 Å². The Morgan fingerprint density at radius 2 is 2.14 bits per heavy atom. The molecule has 1 aromatic heterocycles. The second-order valence-corrected chi connectivity index (χ2v) is 3.97. The van der Waals surface area contributed by atoms with E-state index in [0.717, 1.165) is 0 Å². The Morgan fingerprint density at radius 3 is 2.86 bits per heavy atom. The lowest BCUT2D eigenvalue weighted by Crippen LogP contribution is -2.05. The van der Waals surface area contributed by atoms with Crippen LogP contribution in [0.25, 0.3) is 10.9 Å². The van der Waals surface area contributed by atoms with Gasteiger partial charge in [-0.15, -0.1) is 0 Å². The molecule has 0 bridgehead atoms. The summed E-state index contributed by atoms with van der Waals surface area (Å²) in [6, 6.07) is 2.67. The molecule has 0 saturated heterocycles. The van der Waals surface area contributed by atoms with Gasteiger partial charge in [0.15, 0.2) is 0 Å². The number of nitrogens with one attached hydrogen (secondary N) is 1. The third-order valence-corrected chi connectivity index (χ3v) is 2.69. The molecule has 2 rings (SSSR count). The predicted molar refractivity (Wildman–Crippen MR) is 57.0 cm³/mol. The minimum atomic E-state index is -0.340. The first-order chi connectivity index (χ1) is 6.59. The summed E-state index contributed by atoms with van der Waals surface area (Å²) < 4.78 is 13.5. The second kappa shape index (κ2) is 3.20. The fourth-order valence-electron chi connectivity index (χ4n) is 1.48. The average Bonchev–Trinajstić information content (AvgIpc) is 2.10. The van der Waals surface area contributed by atoms with Crippen LogP contribution in [0.3, 0.4) is 0 Å². The van der Waals surface area contributed by atoms with Gasteiger partial charge in [-0.25, -0.2) is 4.39 Å². The maximum absolute atomic E-state index is 13.0. The van der Waals surface area contributed by atoms with Crippen molar-refractivity contribution >= 4 is 26.8 Å². The third kappa shape index (κ3) is 1.35. The van der Waals surface area contributed by atoms with Gasteiger partial charge in [-0.05, 0) is 40.5 Å². The van der Waals surface area contributed by atoms with Crippen molar-refractivity contribution in [2.75, 3.05) is 0 Å². The molecule has 2 aromatic rings. The van der Waals surface area contributed by atoms with Crippen molar-refractivity contribution in [1.82, 2.24) is 4.98 Å². The minimum Gasteiger partial charge on any atom is -0.360 e. The Bertz CT molecular complexity index is 562. The van der Waals surface area contributed by atoms with Crippen molar-refractivity contribution in [1.29, 1.82) is 0 Å². The summed E-state index contributed by atoms with van der Waals surface area (Å²) in [5, 5.41) is 0.528. The summed E-state index contributed by atoms with van der Waals surface area (Å²) in [5.74, 6) is -0.340. The van der Waals surface area contributed by atoms with Crippen LogP contribution in [0.15, 0.2) is 27.6 Å².